The van der Waals surface area contributed by atoms with E-state index < -0.39 is 17.2 Å². The molecule has 1 aromatic rings. The van der Waals surface area contributed by atoms with Crippen LogP contribution >= 0.6 is 0 Å². The molecule has 0 saturated carbocycles. The van der Waals surface area contributed by atoms with Gasteiger partial charge in [0, 0.05) is 25.2 Å². The number of nitrogens with one attached hydrogen (secondary N) is 1. The van der Waals surface area contributed by atoms with Crippen LogP contribution in [0, 0.1) is 11.6 Å². The normalized spacial score (nSPS) is 22.5. The summed E-state index contributed by atoms with van der Waals surface area (Å²) in [6, 6.07) is 3.41. The summed E-state index contributed by atoms with van der Waals surface area (Å²) in [6.45, 7) is 2.82. The molecule has 104 valence electrons. The Labute approximate surface area is 111 Å². The molecule has 1 N–H and O–H groups in total. The minimum Gasteiger partial charge on any atom is -0.340 e. The molecule has 1 aliphatic heterocycles. The van der Waals surface area contributed by atoms with Crippen molar-refractivity contribution in [3.8, 4) is 0 Å². The van der Waals surface area contributed by atoms with Gasteiger partial charge in [0.25, 0.3) is 0 Å². The molecule has 0 aliphatic carbocycles. The van der Waals surface area contributed by atoms with E-state index in [1.54, 1.807) is 7.05 Å². The Balaban J connectivity index is 2.08. The smallest absolute Gasteiger partial charge is 0.242 e. The first-order chi connectivity index (χ1) is 8.92. The number of carbonyl (C=O) groups excluding carboxylic acids is 1. The molecule has 1 saturated heterocycles. The molecule has 1 heterocycles. The minimum atomic E-state index is -0.621. The van der Waals surface area contributed by atoms with Crippen LogP contribution in [0.15, 0.2) is 18.2 Å². The lowest BCUT2D eigenvalue weighted by atomic mass is 9.98. The molecule has 1 aliphatic rings. The molecule has 1 unspecified atom stereocenters. The van der Waals surface area contributed by atoms with E-state index in [-0.39, 0.29) is 12.5 Å². The molecule has 0 aromatic heterocycles. The first-order valence-electron chi connectivity index (χ1n) is 6.37. The molecule has 19 heavy (non-hydrogen) atoms. The van der Waals surface area contributed by atoms with Crippen molar-refractivity contribution in [2.24, 2.45) is 0 Å². The van der Waals surface area contributed by atoms with Gasteiger partial charge in [-0.3, -0.25) is 4.79 Å². The van der Waals surface area contributed by atoms with Crippen LogP contribution in [0.4, 0.5) is 8.78 Å². The van der Waals surface area contributed by atoms with Gasteiger partial charge in [-0.05, 0) is 32.4 Å². The lowest BCUT2D eigenvalue weighted by Crippen LogP contribution is -2.51. The highest BCUT2D eigenvalue weighted by atomic mass is 19.1. The number of carbonyl (C=O) groups is 1. The Morgan fingerprint density at radius 3 is 2.79 bits per heavy atom. The quantitative estimate of drug-likeness (QED) is 0.910. The Morgan fingerprint density at radius 2 is 2.21 bits per heavy atom. The van der Waals surface area contributed by atoms with Crippen LogP contribution in [0.5, 0.6) is 0 Å². The van der Waals surface area contributed by atoms with Gasteiger partial charge in [-0.25, -0.2) is 8.78 Å². The van der Waals surface area contributed by atoms with Gasteiger partial charge in [-0.2, -0.15) is 0 Å². The zero-order valence-corrected chi connectivity index (χ0v) is 11.2. The molecule has 0 spiro atoms. The summed E-state index contributed by atoms with van der Waals surface area (Å²) in [5, 5.41) is 3.18. The average Bonchev–Trinajstić information content (AvgIpc) is 2.80. The number of amides is 1. The molecule has 1 atom stereocenters. The van der Waals surface area contributed by atoms with Gasteiger partial charge in [-0.1, -0.05) is 6.07 Å². The fraction of sp³-hybridized carbons (Fsp3) is 0.500. The second kappa shape index (κ2) is 5.25. The van der Waals surface area contributed by atoms with Crippen LogP contribution in [0.1, 0.15) is 25.3 Å². The first-order valence-corrected chi connectivity index (χ1v) is 6.37. The second-order valence-electron chi connectivity index (χ2n) is 5.26. The van der Waals surface area contributed by atoms with Crippen LogP contribution in [0.3, 0.4) is 0 Å². The Bertz CT molecular complexity index is 484. The summed E-state index contributed by atoms with van der Waals surface area (Å²) in [5.74, 6) is -1.29. The van der Waals surface area contributed by atoms with E-state index in [0.717, 1.165) is 25.5 Å². The molecule has 0 bridgehead atoms. The number of halogens is 2. The fourth-order valence-electron chi connectivity index (χ4n) is 2.48. The number of benzene rings is 1. The summed E-state index contributed by atoms with van der Waals surface area (Å²) in [6.07, 6.45) is 1.74. The second-order valence-corrected chi connectivity index (χ2v) is 5.26. The monoisotopic (exact) mass is 268 g/mol. The van der Waals surface area contributed by atoms with Gasteiger partial charge in [0.05, 0.1) is 5.54 Å². The van der Waals surface area contributed by atoms with E-state index in [4.69, 9.17) is 0 Å². The van der Waals surface area contributed by atoms with Crippen LogP contribution < -0.4 is 5.32 Å². The predicted molar refractivity (Wildman–Crippen MR) is 68.5 cm³/mol. The molecule has 1 amide bonds. The molecule has 2 rings (SSSR count). The number of hydrogen-bond donors (Lipinski definition) is 1. The maximum absolute atomic E-state index is 13.6. The highest BCUT2D eigenvalue weighted by Gasteiger charge is 2.37. The van der Waals surface area contributed by atoms with Gasteiger partial charge >= 0.3 is 0 Å². The summed E-state index contributed by atoms with van der Waals surface area (Å²) in [7, 11) is 1.64. The van der Waals surface area contributed by atoms with Crippen molar-refractivity contribution >= 4 is 5.91 Å². The van der Waals surface area contributed by atoms with Gasteiger partial charge in [-0.15, -0.1) is 0 Å². The summed E-state index contributed by atoms with van der Waals surface area (Å²) in [4.78, 5) is 13.8. The number of hydrogen-bond acceptors (Lipinski definition) is 2. The van der Waals surface area contributed by atoms with Crippen LogP contribution in [-0.2, 0) is 11.3 Å². The molecular formula is C14H18F2N2O. The maximum Gasteiger partial charge on any atom is 0.242 e. The van der Waals surface area contributed by atoms with Gasteiger partial charge < -0.3 is 10.2 Å². The Hall–Kier alpha value is -1.49. The summed E-state index contributed by atoms with van der Waals surface area (Å²) < 4.78 is 26.4. The van der Waals surface area contributed by atoms with Gasteiger partial charge in [0.15, 0.2) is 0 Å². The van der Waals surface area contributed by atoms with E-state index in [0.29, 0.717) is 5.56 Å². The molecule has 5 heteroatoms. The molecule has 1 aromatic carbocycles. The van der Waals surface area contributed by atoms with Crippen molar-refractivity contribution < 1.29 is 13.6 Å². The Kier molecular flexibility index (Phi) is 3.85. The van der Waals surface area contributed by atoms with Crippen molar-refractivity contribution in [3.05, 3.63) is 35.4 Å². The van der Waals surface area contributed by atoms with Crippen LogP contribution in [0.2, 0.25) is 0 Å². The molecule has 0 radical (unpaired) electrons. The van der Waals surface area contributed by atoms with E-state index in [9.17, 15) is 13.6 Å². The third-order valence-electron chi connectivity index (χ3n) is 3.61. The number of likely N-dealkylation sites (N-methyl/N-ethyl adjacent to an activating group) is 1. The first kappa shape index (κ1) is 13.9. The minimum absolute atomic E-state index is 0.0614. The van der Waals surface area contributed by atoms with Crippen molar-refractivity contribution in [1.82, 2.24) is 10.2 Å². The van der Waals surface area contributed by atoms with E-state index in [1.165, 1.54) is 17.0 Å². The summed E-state index contributed by atoms with van der Waals surface area (Å²) >= 11 is 0. The highest BCUT2D eigenvalue weighted by Crippen LogP contribution is 2.22. The third kappa shape index (κ3) is 2.92. The number of rotatable bonds is 3. The van der Waals surface area contributed by atoms with Crippen molar-refractivity contribution in [3.63, 3.8) is 0 Å². The maximum atomic E-state index is 13.6. The lowest BCUT2D eigenvalue weighted by molar-refractivity contribution is -0.136. The standard InChI is InChI=1S/C14H18F2N2O/c1-14(6-3-7-17-14)13(19)18(2)9-10-4-5-11(15)8-12(10)16/h4-5,8,17H,3,6-7,9H2,1-2H3. The van der Waals surface area contributed by atoms with E-state index in [1.807, 2.05) is 6.92 Å². The van der Waals surface area contributed by atoms with Gasteiger partial charge in [0.2, 0.25) is 5.91 Å². The molecule has 3 nitrogen and oxygen atoms in total. The molecule has 1 fully saturated rings. The van der Waals surface area contributed by atoms with Crippen LogP contribution in [0.25, 0.3) is 0 Å². The van der Waals surface area contributed by atoms with E-state index >= 15 is 0 Å². The molecular weight excluding hydrogens is 250 g/mol. The van der Waals surface area contributed by atoms with Crippen LogP contribution in [-0.4, -0.2) is 29.9 Å². The fourth-order valence-corrected chi connectivity index (χ4v) is 2.48. The van der Waals surface area contributed by atoms with Gasteiger partial charge in [0.1, 0.15) is 11.6 Å². The lowest BCUT2D eigenvalue weighted by Gasteiger charge is -2.29. The topological polar surface area (TPSA) is 32.3 Å². The van der Waals surface area contributed by atoms with Crippen molar-refractivity contribution in [1.29, 1.82) is 0 Å². The number of nitrogens with zero attached hydrogens (tertiary/aromatic N) is 1. The predicted octanol–water partition coefficient (Wildman–Crippen LogP) is 2.07. The summed E-state index contributed by atoms with van der Waals surface area (Å²) in [5.41, 5.74) is -0.246. The highest BCUT2D eigenvalue weighted by molar-refractivity contribution is 5.86. The average molecular weight is 268 g/mol. The third-order valence-corrected chi connectivity index (χ3v) is 3.61. The Morgan fingerprint density at radius 1 is 1.47 bits per heavy atom. The van der Waals surface area contributed by atoms with Crippen molar-refractivity contribution in [2.75, 3.05) is 13.6 Å². The zero-order valence-electron chi connectivity index (χ0n) is 11.2. The largest absolute Gasteiger partial charge is 0.340 e. The van der Waals surface area contributed by atoms with E-state index in [2.05, 4.69) is 5.32 Å². The SMILES string of the molecule is CN(Cc1ccc(F)cc1F)C(=O)C1(C)CCCN1. The zero-order chi connectivity index (χ0) is 14.0. The van der Waals surface area contributed by atoms with Crippen molar-refractivity contribution in [2.45, 2.75) is 31.8 Å².